The Labute approximate surface area is 122 Å². The standard InChI is InChI=1S/C15H30N2O3/c1-15(2,10-11-16)9-8-13(18)17-12-6-4-3-5-7-14(19)20/h3-12,16H2,1-2H3,(H,17,18)(H,19,20). The molecule has 0 aliphatic heterocycles. The monoisotopic (exact) mass is 286 g/mol. The Bertz CT molecular complexity index is 291. The highest BCUT2D eigenvalue weighted by atomic mass is 16.4. The quantitative estimate of drug-likeness (QED) is 0.480. The van der Waals surface area contributed by atoms with E-state index in [0.29, 0.717) is 19.5 Å². The molecular weight excluding hydrogens is 256 g/mol. The van der Waals surface area contributed by atoms with Gasteiger partial charge in [-0.1, -0.05) is 26.7 Å². The van der Waals surface area contributed by atoms with Gasteiger partial charge < -0.3 is 16.2 Å². The van der Waals surface area contributed by atoms with Crippen LogP contribution in [0.4, 0.5) is 0 Å². The first-order valence-electron chi connectivity index (χ1n) is 7.56. The molecule has 0 saturated carbocycles. The van der Waals surface area contributed by atoms with Gasteiger partial charge in [-0.05, 0) is 37.6 Å². The average Bonchev–Trinajstić information content (AvgIpc) is 2.35. The summed E-state index contributed by atoms with van der Waals surface area (Å²) in [4.78, 5) is 22.0. The van der Waals surface area contributed by atoms with Crippen LogP contribution in [0.2, 0.25) is 0 Å². The number of carbonyl (C=O) groups excluding carboxylic acids is 1. The van der Waals surface area contributed by atoms with Crippen LogP contribution in [0.25, 0.3) is 0 Å². The molecule has 0 saturated heterocycles. The van der Waals surface area contributed by atoms with E-state index in [1.165, 1.54) is 0 Å². The Morgan fingerprint density at radius 3 is 2.30 bits per heavy atom. The SMILES string of the molecule is CC(C)(CCN)CCC(=O)NCCCCCCC(=O)O. The van der Waals surface area contributed by atoms with Crippen molar-refractivity contribution in [1.82, 2.24) is 5.32 Å². The molecule has 0 spiro atoms. The van der Waals surface area contributed by atoms with E-state index < -0.39 is 5.97 Å². The Kier molecular flexibility index (Phi) is 10.1. The van der Waals surface area contributed by atoms with Gasteiger partial charge in [0.1, 0.15) is 0 Å². The summed E-state index contributed by atoms with van der Waals surface area (Å²) in [6.45, 7) is 5.61. The topological polar surface area (TPSA) is 92.4 Å². The average molecular weight is 286 g/mol. The van der Waals surface area contributed by atoms with Gasteiger partial charge in [-0.3, -0.25) is 9.59 Å². The van der Waals surface area contributed by atoms with Crippen LogP contribution in [0.3, 0.4) is 0 Å². The van der Waals surface area contributed by atoms with Gasteiger partial charge in [-0.15, -0.1) is 0 Å². The lowest BCUT2D eigenvalue weighted by molar-refractivity contribution is -0.137. The molecule has 4 N–H and O–H groups in total. The maximum Gasteiger partial charge on any atom is 0.303 e. The number of carboxylic acid groups (broad SMARTS) is 1. The Morgan fingerprint density at radius 1 is 1.05 bits per heavy atom. The van der Waals surface area contributed by atoms with Crippen molar-refractivity contribution < 1.29 is 14.7 Å². The van der Waals surface area contributed by atoms with Crippen molar-refractivity contribution in [1.29, 1.82) is 0 Å². The minimum absolute atomic E-state index is 0.0978. The molecule has 0 unspecified atom stereocenters. The van der Waals surface area contributed by atoms with Gasteiger partial charge in [0, 0.05) is 19.4 Å². The van der Waals surface area contributed by atoms with Crippen LogP contribution >= 0.6 is 0 Å². The summed E-state index contributed by atoms with van der Waals surface area (Å²) in [5.74, 6) is -0.640. The van der Waals surface area contributed by atoms with Crippen molar-refractivity contribution in [3.8, 4) is 0 Å². The summed E-state index contributed by atoms with van der Waals surface area (Å²) in [5.41, 5.74) is 5.67. The number of aliphatic carboxylic acids is 1. The Hall–Kier alpha value is -1.10. The zero-order valence-corrected chi connectivity index (χ0v) is 12.9. The highest BCUT2D eigenvalue weighted by molar-refractivity contribution is 5.75. The molecule has 0 aromatic carbocycles. The first kappa shape index (κ1) is 18.9. The molecule has 0 bridgehead atoms. The van der Waals surface area contributed by atoms with Gasteiger partial charge in [-0.25, -0.2) is 0 Å². The third kappa shape index (κ3) is 12.0. The van der Waals surface area contributed by atoms with Gasteiger partial charge in [0.25, 0.3) is 0 Å². The van der Waals surface area contributed by atoms with E-state index in [0.717, 1.165) is 38.5 Å². The fourth-order valence-corrected chi connectivity index (χ4v) is 2.04. The summed E-state index contributed by atoms with van der Waals surface area (Å²) >= 11 is 0. The molecule has 0 aliphatic carbocycles. The Balaban J connectivity index is 3.48. The van der Waals surface area contributed by atoms with E-state index in [1.54, 1.807) is 0 Å². The van der Waals surface area contributed by atoms with Crippen molar-refractivity contribution in [3.05, 3.63) is 0 Å². The number of rotatable bonds is 12. The number of nitrogens with two attached hydrogens (primary N) is 1. The molecule has 5 nitrogen and oxygen atoms in total. The molecule has 0 aliphatic rings. The van der Waals surface area contributed by atoms with E-state index in [9.17, 15) is 9.59 Å². The molecule has 0 aromatic heterocycles. The molecule has 0 aromatic rings. The van der Waals surface area contributed by atoms with E-state index in [1.807, 2.05) is 0 Å². The first-order chi connectivity index (χ1) is 9.37. The van der Waals surface area contributed by atoms with Gasteiger partial charge in [0.15, 0.2) is 0 Å². The summed E-state index contributed by atoms with van der Waals surface area (Å²) in [7, 11) is 0. The van der Waals surface area contributed by atoms with Crippen LogP contribution in [0.1, 0.15) is 65.2 Å². The summed E-state index contributed by atoms with van der Waals surface area (Å²) in [5, 5.41) is 11.4. The second kappa shape index (κ2) is 10.7. The maximum atomic E-state index is 11.7. The third-order valence-corrected chi connectivity index (χ3v) is 3.49. The third-order valence-electron chi connectivity index (χ3n) is 3.49. The molecule has 0 fully saturated rings. The van der Waals surface area contributed by atoms with Crippen LogP contribution in [0, 0.1) is 5.41 Å². The van der Waals surface area contributed by atoms with Gasteiger partial charge >= 0.3 is 5.97 Å². The van der Waals surface area contributed by atoms with Crippen molar-refractivity contribution >= 4 is 11.9 Å². The highest BCUT2D eigenvalue weighted by Crippen LogP contribution is 2.25. The van der Waals surface area contributed by atoms with Crippen molar-refractivity contribution in [2.45, 2.75) is 65.2 Å². The van der Waals surface area contributed by atoms with Crippen LogP contribution in [-0.2, 0) is 9.59 Å². The second-order valence-electron chi connectivity index (χ2n) is 6.11. The zero-order chi connectivity index (χ0) is 15.4. The lowest BCUT2D eigenvalue weighted by atomic mass is 9.84. The summed E-state index contributed by atoms with van der Waals surface area (Å²) in [6.07, 6.45) is 6.08. The molecular formula is C15H30N2O3. The van der Waals surface area contributed by atoms with E-state index >= 15 is 0 Å². The van der Waals surface area contributed by atoms with Crippen LogP contribution in [0.5, 0.6) is 0 Å². The fraction of sp³-hybridized carbons (Fsp3) is 0.867. The molecule has 0 rings (SSSR count). The van der Waals surface area contributed by atoms with Gasteiger partial charge in [0.05, 0.1) is 0 Å². The van der Waals surface area contributed by atoms with Crippen molar-refractivity contribution in [2.24, 2.45) is 11.1 Å². The minimum atomic E-state index is -0.738. The predicted molar refractivity (Wildman–Crippen MR) is 80.4 cm³/mol. The number of carboxylic acids is 1. The number of amides is 1. The van der Waals surface area contributed by atoms with Crippen LogP contribution < -0.4 is 11.1 Å². The lowest BCUT2D eigenvalue weighted by Gasteiger charge is -2.23. The summed E-state index contributed by atoms with van der Waals surface area (Å²) < 4.78 is 0. The normalized spacial score (nSPS) is 11.3. The number of hydrogen-bond donors (Lipinski definition) is 3. The Morgan fingerprint density at radius 2 is 1.70 bits per heavy atom. The fourth-order valence-electron chi connectivity index (χ4n) is 2.04. The smallest absolute Gasteiger partial charge is 0.303 e. The molecule has 118 valence electrons. The number of nitrogens with one attached hydrogen (secondary N) is 1. The zero-order valence-electron chi connectivity index (χ0n) is 12.9. The number of carbonyl (C=O) groups is 2. The number of hydrogen-bond acceptors (Lipinski definition) is 3. The first-order valence-corrected chi connectivity index (χ1v) is 7.56. The van der Waals surface area contributed by atoms with Gasteiger partial charge in [0.2, 0.25) is 5.91 Å². The molecule has 0 radical (unpaired) electrons. The maximum absolute atomic E-state index is 11.7. The summed E-state index contributed by atoms with van der Waals surface area (Å²) in [6, 6.07) is 0. The largest absolute Gasteiger partial charge is 0.481 e. The minimum Gasteiger partial charge on any atom is -0.481 e. The van der Waals surface area contributed by atoms with Crippen molar-refractivity contribution in [3.63, 3.8) is 0 Å². The predicted octanol–water partition coefficient (Wildman–Crippen LogP) is 2.29. The molecule has 1 amide bonds. The van der Waals surface area contributed by atoms with E-state index in [-0.39, 0.29) is 17.7 Å². The van der Waals surface area contributed by atoms with Crippen molar-refractivity contribution in [2.75, 3.05) is 13.1 Å². The van der Waals surface area contributed by atoms with Crippen LogP contribution in [0.15, 0.2) is 0 Å². The molecule has 20 heavy (non-hydrogen) atoms. The highest BCUT2D eigenvalue weighted by Gasteiger charge is 2.17. The van der Waals surface area contributed by atoms with Gasteiger partial charge in [-0.2, -0.15) is 0 Å². The molecule has 5 heteroatoms. The van der Waals surface area contributed by atoms with Crippen LogP contribution in [-0.4, -0.2) is 30.1 Å². The number of unbranched alkanes of at least 4 members (excludes halogenated alkanes) is 3. The van der Waals surface area contributed by atoms with E-state index in [2.05, 4.69) is 19.2 Å². The lowest BCUT2D eigenvalue weighted by Crippen LogP contribution is -2.26. The molecule has 0 heterocycles. The second-order valence-corrected chi connectivity index (χ2v) is 6.11. The van der Waals surface area contributed by atoms with E-state index in [4.69, 9.17) is 10.8 Å². The molecule has 0 atom stereocenters.